The molecule has 1 rings (SSSR count). The molecule has 0 spiro atoms. The SMILES string of the molecule is COCCNCC1(CCCOCCOC)CCCCC1. The van der Waals surface area contributed by atoms with Crippen molar-refractivity contribution >= 4 is 0 Å². The molecule has 0 aromatic heterocycles. The number of nitrogens with one attached hydrogen (secondary N) is 1. The average Bonchev–Trinajstić information content (AvgIpc) is 2.48. The molecule has 4 nitrogen and oxygen atoms in total. The van der Waals surface area contributed by atoms with Gasteiger partial charge in [-0.05, 0) is 31.1 Å². The van der Waals surface area contributed by atoms with Gasteiger partial charge in [0.25, 0.3) is 0 Å². The van der Waals surface area contributed by atoms with E-state index in [0.29, 0.717) is 12.0 Å². The van der Waals surface area contributed by atoms with Crippen molar-refractivity contribution in [2.75, 3.05) is 53.7 Å². The molecule has 4 heteroatoms. The standard InChI is InChI=1S/C16H33NO3/c1-18-12-10-17-15-16(7-4-3-5-8-16)9-6-11-20-14-13-19-2/h17H,3-15H2,1-2H3. The van der Waals surface area contributed by atoms with Crippen molar-refractivity contribution in [2.45, 2.75) is 44.9 Å². The fraction of sp³-hybridized carbons (Fsp3) is 1.00. The number of hydrogen-bond donors (Lipinski definition) is 1. The molecular weight excluding hydrogens is 254 g/mol. The van der Waals surface area contributed by atoms with E-state index >= 15 is 0 Å². The van der Waals surface area contributed by atoms with Crippen molar-refractivity contribution in [2.24, 2.45) is 5.41 Å². The summed E-state index contributed by atoms with van der Waals surface area (Å²) in [5, 5.41) is 3.57. The van der Waals surface area contributed by atoms with E-state index in [4.69, 9.17) is 14.2 Å². The molecule has 1 aliphatic carbocycles. The van der Waals surface area contributed by atoms with Gasteiger partial charge in [-0.25, -0.2) is 0 Å². The van der Waals surface area contributed by atoms with E-state index in [-0.39, 0.29) is 0 Å². The summed E-state index contributed by atoms with van der Waals surface area (Å²) in [6.07, 6.45) is 9.35. The summed E-state index contributed by atoms with van der Waals surface area (Å²) in [5.74, 6) is 0. The molecule has 1 aliphatic rings. The number of methoxy groups -OCH3 is 2. The first-order valence-electron chi connectivity index (χ1n) is 8.09. The smallest absolute Gasteiger partial charge is 0.0700 e. The number of rotatable bonds is 12. The van der Waals surface area contributed by atoms with Crippen LogP contribution in [0.25, 0.3) is 0 Å². The maximum absolute atomic E-state index is 5.59. The zero-order valence-electron chi connectivity index (χ0n) is 13.4. The Labute approximate surface area is 124 Å². The van der Waals surface area contributed by atoms with E-state index in [1.807, 2.05) is 0 Å². The summed E-state index contributed by atoms with van der Waals surface area (Å²) in [5.41, 5.74) is 0.497. The monoisotopic (exact) mass is 287 g/mol. The molecule has 0 amide bonds. The lowest BCUT2D eigenvalue weighted by Crippen LogP contribution is -2.37. The van der Waals surface area contributed by atoms with Crippen LogP contribution in [0.3, 0.4) is 0 Å². The molecule has 0 saturated heterocycles. The molecule has 0 unspecified atom stereocenters. The minimum Gasteiger partial charge on any atom is -0.383 e. The maximum Gasteiger partial charge on any atom is 0.0700 e. The van der Waals surface area contributed by atoms with Crippen LogP contribution in [0.5, 0.6) is 0 Å². The summed E-state index contributed by atoms with van der Waals surface area (Å²) in [6, 6.07) is 0. The highest BCUT2D eigenvalue weighted by molar-refractivity contribution is 4.84. The molecular formula is C16H33NO3. The predicted octanol–water partition coefficient (Wildman–Crippen LogP) is 2.62. The molecule has 0 atom stereocenters. The van der Waals surface area contributed by atoms with Crippen LogP contribution in [0.1, 0.15) is 44.9 Å². The van der Waals surface area contributed by atoms with Crippen molar-refractivity contribution < 1.29 is 14.2 Å². The fourth-order valence-corrected chi connectivity index (χ4v) is 3.14. The van der Waals surface area contributed by atoms with Crippen LogP contribution in [0.4, 0.5) is 0 Å². The first-order chi connectivity index (χ1) is 9.83. The van der Waals surface area contributed by atoms with Gasteiger partial charge in [-0.2, -0.15) is 0 Å². The second-order valence-corrected chi connectivity index (χ2v) is 5.94. The molecule has 0 aliphatic heterocycles. The van der Waals surface area contributed by atoms with E-state index in [0.717, 1.165) is 39.3 Å². The van der Waals surface area contributed by atoms with Gasteiger partial charge in [0.1, 0.15) is 0 Å². The third-order valence-corrected chi connectivity index (χ3v) is 4.32. The highest BCUT2D eigenvalue weighted by atomic mass is 16.5. The number of hydrogen-bond acceptors (Lipinski definition) is 4. The van der Waals surface area contributed by atoms with E-state index < -0.39 is 0 Å². The Kier molecular flexibility index (Phi) is 10.3. The van der Waals surface area contributed by atoms with Crippen molar-refractivity contribution in [3.8, 4) is 0 Å². The molecule has 1 saturated carbocycles. The fourth-order valence-electron chi connectivity index (χ4n) is 3.14. The van der Waals surface area contributed by atoms with Gasteiger partial charge in [0.15, 0.2) is 0 Å². The third-order valence-electron chi connectivity index (χ3n) is 4.32. The molecule has 0 aromatic rings. The lowest BCUT2D eigenvalue weighted by molar-refractivity contribution is 0.0591. The predicted molar refractivity (Wildman–Crippen MR) is 82.2 cm³/mol. The molecule has 0 radical (unpaired) electrons. The van der Waals surface area contributed by atoms with Gasteiger partial charge < -0.3 is 19.5 Å². The lowest BCUT2D eigenvalue weighted by atomic mass is 9.71. The van der Waals surface area contributed by atoms with E-state index in [1.54, 1.807) is 14.2 Å². The van der Waals surface area contributed by atoms with E-state index in [1.165, 1.54) is 38.5 Å². The minimum atomic E-state index is 0.497. The molecule has 1 N–H and O–H groups in total. The Morgan fingerprint density at radius 1 is 0.900 bits per heavy atom. The topological polar surface area (TPSA) is 39.7 Å². The van der Waals surface area contributed by atoms with Gasteiger partial charge in [-0.1, -0.05) is 19.3 Å². The normalized spacial score (nSPS) is 18.3. The Hall–Kier alpha value is -0.160. The second kappa shape index (κ2) is 11.5. The molecule has 20 heavy (non-hydrogen) atoms. The van der Waals surface area contributed by atoms with Crippen LogP contribution in [0, 0.1) is 5.41 Å². The minimum absolute atomic E-state index is 0.497. The Bertz CT molecular complexity index is 218. The second-order valence-electron chi connectivity index (χ2n) is 5.94. The molecule has 120 valence electrons. The third kappa shape index (κ3) is 7.58. The quantitative estimate of drug-likeness (QED) is 0.560. The van der Waals surface area contributed by atoms with Crippen LogP contribution in [-0.2, 0) is 14.2 Å². The summed E-state index contributed by atoms with van der Waals surface area (Å²) in [4.78, 5) is 0. The first-order valence-corrected chi connectivity index (χ1v) is 8.09. The highest BCUT2D eigenvalue weighted by Crippen LogP contribution is 2.39. The number of ether oxygens (including phenoxy) is 3. The zero-order valence-corrected chi connectivity index (χ0v) is 13.4. The van der Waals surface area contributed by atoms with Gasteiger partial charge in [0.05, 0.1) is 19.8 Å². The van der Waals surface area contributed by atoms with Gasteiger partial charge in [0.2, 0.25) is 0 Å². The summed E-state index contributed by atoms with van der Waals surface area (Å²) >= 11 is 0. The zero-order chi connectivity index (χ0) is 14.5. The summed E-state index contributed by atoms with van der Waals surface area (Å²) in [6.45, 7) is 5.18. The highest BCUT2D eigenvalue weighted by Gasteiger charge is 2.30. The first kappa shape index (κ1) is 17.9. The molecule has 0 bridgehead atoms. The Balaban J connectivity index is 2.20. The van der Waals surface area contributed by atoms with Crippen LogP contribution < -0.4 is 5.32 Å². The molecule has 0 heterocycles. The van der Waals surface area contributed by atoms with Crippen LogP contribution in [0.2, 0.25) is 0 Å². The Morgan fingerprint density at radius 3 is 2.35 bits per heavy atom. The van der Waals surface area contributed by atoms with Crippen molar-refractivity contribution in [3.63, 3.8) is 0 Å². The van der Waals surface area contributed by atoms with Gasteiger partial charge in [0, 0.05) is 33.9 Å². The van der Waals surface area contributed by atoms with Gasteiger partial charge >= 0.3 is 0 Å². The van der Waals surface area contributed by atoms with E-state index in [9.17, 15) is 0 Å². The summed E-state index contributed by atoms with van der Waals surface area (Å²) in [7, 11) is 3.47. The lowest BCUT2D eigenvalue weighted by Gasteiger charge is -2.38. The molecule has 1 fully saturated rings. The largest absolute Gasteiger partial charge is 0.383 e. The maximum atomic E-state index is 5.59. The summed E-state index contributed by atoms with van der Waals surface area (Å²) < 4.78 is 15.7. The van der Waals surface area contributed by atoms with Crippen molar-refractivity contribution in [1.82, 2.24) is 5.32 Å². The Morgan fingerprint density at radius 2 is 1.65 bits per heavy atom. The van der Waals surface area contributed by atoms with Gasteiger partial charge in [-0.15, -0.1) is 0 Å². The van der Waals surface area contributed by atoms with Crippen LogP contribution >= 0.6 is 0 Å². The molecule has 0 aromatic carbocycles. The van der Waals surface area contributed by atoms with Crippen molar-refractivity contribution in [3.05, 3.63) is 0 Å². The van der Waals surface area contributed by atoms with Crippen LogP contribution in [-0.4, -0.2) is 53.7 Å². The van der Waals surface area contributed by atoms with Crippen molar-refractivity contribution in [1.29, 1.82) is 0 Å². The van der Waals surface area contributed by atoms with Crippen LogP contribution in [0.15, 0.2) is 0 Å². The van der Waals surface area contributed by atoms with E-state index in [2.05, 4.69) is 5.32 Å². The average molecular weight is 287 g/mol. The van der Waals surface area contributed by atoms with Gasteiger partial charge in [-0.3, -0.25) is 0 Å².